The molecule has 31 heavy (non-hydrogen) atoms. The van der Waals surface area contributed by atoms with Crippen LogP contribution in [0.2, 0.25) is 5.02 Å². The summed E-state index contributed by atoms with van der Waals surface area (Å²) in [6.07, 6.45) is 0. The predicted octanol–water partition coefficient (Wildman–Crippen LogP) is 5.28. The average molecular weight is 475 g/mol. The van der Waals surface area contributed by atoms with Crippen molar-refractivity contribution in [3.63, 3.8) is 0 Å². The fourth-order valence-electron chi connectivity index (χ4n) is 2.86. The number of hydrogen-bond donors (Lipinski definition) is 2. The molecular formula is C23H23ClN2O3S2. The van der Waals surface area contributed by atoms with Gasteiger partial charge in [-0.2, -0.15) is 0 Å². The Labute approximate surface area is 192 Å². The molecule has 0 saturated heterocycles. The van der Waals surface area contributed by atoms with Gasteiger partial charge in [0.2, 0.25) is 0 Å². The molecule has 0 aromatic heterocycles. The molecule has 0 atom stereocenters. The minimum atomic E-state index is -3.97. The molecule has 3 aromatic rings. The monoisotopic (exact) mass is 474 g/mol. The van der Waals surface area contributed by atoms with Crippen LogP contribution in [0.4, 0.5) is 5.69 Å². The van der Waals surface area contributed by atoms with Gasteiger partial charge in [0, 0.05) is 22.8 Å². The molecule has 3 rings (SSSR count). The van der Waals surface area contributed by atoms with Gasteiger partial charge in [-0.1, -0.05) is 41.9 Å². The summed E-state index contributed by atoms with van der Waals surface area (Å²) in [5.74, 6) is 0.344. The van der Waals surface area contributed by atoms with E-state index in [2.05, 4.69) is 10.0 Å². The second kappa shape index (κ2) is 10.2. The zero-order valence-electron chi connectivity index (χ0n) is 17.2. The Balaban J connectivity index is 1.70. The second-order valence-electron chi connectivity index (χ2n) is 6.92. The highest BCUT2D eigenvalue weighted by Crippen LogP contribution is 2.27. The summed E-state index contributed by atoms with van der Waals surface area (Å²) in [7, 11) is -3.97. The maximum absolute atomic E-state index is 12.9. The largest absolute Gasteiger partial charge is 0.351 e. The lowest BCUT2D eigenvalue weighted by atomic mass is 10.1. The number of halogens is 1. The molecule has 0 aliphatic heterocycles. The minimum absolute atomic E-state index is 0.0500. The molecule has 162 valence electrons. The molecule has 5 nitrogen and oxygen atoms in total. The molecule has 0 aliphatic rings. The number of rotatable bonds is 8. The van der Waals surface area contributed by atoms with Crippen LogP contribution in [0.1, 0.15) is 21.5 Å². The molecular weight excluding hydrogens is 452 g/mol. The number of hydrogen-bond acceptors (Lipinski definition) is 4. The standard InChI is InChI=1S/C23H23ClN2O3S2/c1-16-7-6-10-21(17(16)2)26-31(28,29)22-15-18(11-12-20(22)24)23(27)25-13-14-30-19-8-4-3-5-9-19/h3-12,15,26H,13-14H2,1-2H3,(H,25,27). The normalized spacial score (nSPS) is 11.2. The molecule has 3 aromatic carbocycles. The Hall–Kier alpha value is -2.48. The molecule has 0 spiro atoms. The Morgan fingerprint density at radius 1 is 1.00 bits per heavy atom. The topological polar surface area (TPSA) is 75.3 Å². The quantitative estimate of drug-likeness (QED) is 0.344. The van der Waals surface area contributed by atoms with Crippen LogP contribution in [0.15, 0.2) is 76.5 Å². The van der Waals surface area contributed by atoms with Crippen LogP contribution in [-0.2, 0) is 10.0 Å². The molecule has 0 bridgehead atoms. The van der Waals surface area contributed by atoms with Gasteiger partial charge in [-0.25, -0.2) is 8.42 Å². The number of benzene rings is 3. The maximum atomic E-state index is 12.9. The predicted molar refractivity (Wildman–Crippen MR) is 128 cm³/mol. The summed E-state index contributed by atoms with van der Waals surface area (Å²) in [4.78, 5) is 13.5. The number of nitrogens with one attached hydrogen (secondary N) is 2. The van der Waals surface area contributed by atoms with Crippen molar-refractivity contribution in [1.82, 2.24) is 5.32 Å². The van der Waals surface area contributed by atoms with Gasteiger partial charge >= 0.3 is 0 Å². The molecule has 2 N–H and O–H groups in total. The molecule has 0 unspecified atom stereocenters. The molecule has 0 radical (unpaired) electrons. The highest BCUT2D eigenvalue weighted by atomic mass is 35.5. The Morgan fingerprint density at radius 2 is 1.74 bits per heavy atom. The van der Waals surface area contributed by atoms with Crippen LogP contribution in [0.5, 0.6) is 0 Å². The van der Waals surface area contributed by atoms with Gasteiger partial charge in [0.05, 0.1) is 10.7 Å². The zero-order chi connectivity index (χ0) is 22.4. The van der Waals surface area contributed by atoms with Gasteiger partial charge in [-0.3, -0.25) is 9.52 Å². The Kier molecular flexibility index (Phi) is 7.64. The van der Waals surface area contributed by atoms with E-state index in [9.17, 15) is 13.2 Å². The molecule has 1 amide bonds. The van der Waals surface area contributed by atoms with E-state index in [1.165, 1.54) is 18.2 Å². The van der Waals surface area contributed by atoms with Crippen LogP contribution < -0.4 is 10.0 Å². The van der Waals surface area contributed by atoms with Crippen molar-refractivity contribution in [2.24, 2.45) is 0 Å². The smallest absolute Gasteiger partial charge is 0.263 e. The van der Waals surface area contributed by atoms with Crippen molar-refractivity contribution >= 4 is 45.0 Å². The van der Waals surface area contributed by atoms with E-state index in [0.29, 0.717) is 18.0 Å². The number of carbonyl (C=O) groups excluding carboxylic acids is 1. The van der Waals surface area contributed by atoms with Crippen molar-refractivity contribution in [2.75, 3.05) is 17.0 Å². The molecule has 0 aliphatic carbocycles. The third kappa shape index (κ3) is 6.03. The van der Waals surface area contributed by atoms with E-state index in [-0.39, 0.29) is 21.4 Å². The van der Waals surface area contributed by atoms with Crippen LogP contribution in [0.25, 0.3) is 0 Å². The number of aryl methyl sites for hydroxylation is 1. The van der Waals surface area contributed by atoms with E-state index < -0.39 is 10.0 Å². The first-order valence-electron chi connectivity index (χ1n) is 9.62. The van der Waals surface area contributed by atoms with Crippen molar-refractivity contribution in [3.05, 3.63) is 88.4 Å². The summed E-state index contributed by atoms with van der Waals surface area (Å²) in [6.45, 7) is 4.19. The fourth-order valence-corrected chi connectivity index (χ4v) is 5.30. The van der Waals surface area contributed by atoms with Crippen LogP contribution in [0, 0.1) is 13.8 Å². The summed E-state index contributed by atoms with van der Waals surface area (Å²) in [6, 6.07) is 19.5. The maximum Gasteiger partial charge on any atom is 0.263 e. The Bertz CT molecular complexity index is 1180. The molecule has 0 saturated carbocycles. The van der Waals surface area contributed by atoms with Crippen molar-refractivity contribution in [1.29, 1.82) is 0 Å². The summed E-state index contributed by atoms with van der Waals surface area (Å²) in [5.41, 5.74) is 2.50. The first-order valence-corrected chi connectivity index (χ1v) is 12.5. The van der Waals surface area contributed by atoms with Crippen LogP contribution >= 0.6 is 23.4 Å². The van der Waals surface area contributed by atoms with E-state index in [4.69, 9.17) is 11.6 Å². The molecule has 0 fully saturated rings. The van der Waals surface area contributed by atoms with Crippen molar-refractivity contribution < 1.29 is 13.2 Å². The lowest BCUT2D eigenvalue weighted by Gasteiger charge is -2.14. The van der Waals surface area contributed by atoms with E-state index in [1.54, 1.807) is 23.9 Å². The second-order valence-corrected chi connectivity index (χ2v) is 10.1. The van der Waals surface area contributed by atoms with Crippen molar-refractivity contribution in [3.8, 4) is 0 Å². The first-order chi connectivity index (χ1) is 14.8. The highest BCUT2D eigenvalue weighted by molar-refractivity contribution is 7.99. The average Bonchev–Trinajstić information content (AvgIpc) is 2.75. The number of carbonyl (C=O) groups is 1. The third-order valence-electron chi connectivity index (χ3n) is 4.73. The van der Waals surface area contributed by atoms with E-state index >= 15 is 0 Å². The van der Waals surface area contributed by atoms with Gasteiger partial charge < -0.3 is 5.32 Å². The zero-order valence-corrected chi connectivity index (χ0v) is 19.6. The lowest BCUT2D eigenvalue weighted by Crippen LogP contribution is -2.26. The van der Waals surface area contributed by atoms with Gasteiger partial charge in [0.1, 0.15) is 4.90 Å². The summed E-state index contributed by atoms with van der Waals surface area (Å²) < 4.78 is 28.5. The van der Waals surface area contributed by atoms with Crippen LogP contribution in [0.3, 0.4) is 0 Å². The summed E-state index contributed by atoms with van der Waals surface area (Å²) in [5, 5.41) is 2.87. The Morgan fingerprint density at radius 3 is 2.48 bits per heavy atom. The number of sulfonamides is 1. The SMILES string of the molecule is Cc1cccc(NS(=O)(=O)c2cc(C(=O)NCCSc3ccccc3)ccc2Cl)c1C. The van der Waals surface area contributed by atoms with Gasteiger partial charge in [-0.15, -0.1) is 11.8 Å². The van der Waals surface area contributed by atoms with Crippen LogP contribution in [-0.4, -0.2) is 26.6 Å². The number of anilines is 1. The van der Waals surface area contributed by atoms with E-state index in [1.807, 2.05) is 50.2 Å². The summed E-state index contributed by atoms with van der Waals surface area (Å²) >= 11 is 7.79. The molecule has 0 heterocycles. The lowest BCUT2D eigenvalue weighted by molar-refractivity contribution is 0.0956. The van der Waals surface area contributed by atoms with Gasteiger partial charge in [0.15, 0.2) is 0 Å². The van der Waals surface area contributed by atoms with Crippen molar-refractivity contribution in [2.45, 2.75) is 23.6 Å². The fraction of sp³-hybridized carbons (Fsp3) is 0.174. The number of amides is 1. The van der Waals surface area contributed by atoms with Gasteiger partial charge in [-0.05, 0) is 61.4 Å². The first kappa shape index (κ1) is 23.2. The minimum Gasteiger partial charge on any atom is -0.351 e. The third-order valence-corrected chi connectivity index (χ3v) is 7.59. The highest BCUT2D eigenvalue weighted by Gasteiger charge is 2.21. The van der Waals surface area contributed by atoms with E-state index in [0.717, 1.165) is 16.0 Å². The molecule has 8 heteroatoms. The van der Waals surface area contributed by atoms with Gasteiger partial charge in [0.25, 0.3) is 15.9 Å². The number of thioether (sulfide) groups is 1.